The van der Waals surface area contributed by atoms with E-state index in [1.165, 1.54) is 0 Å². The van der Waals surface area contributed by atoms with Crippen LogP contribution in [0.2, 0.25) is 0 Å². The van der Waals surface area contributed by atoms with Gasteiger partial charge in [-0.15, -0.1) is 10.2 Å². The van der Waals surface area contributed by atoms with Gasteiger partial charge in [0.1, 0.15) is 0 Å². The Hall–Kier alpha value is -1.62. The van der Waals surface area contributed by atoms with Gasteiger partial charge in [-0.2, -0.15) is 39.5 Å². The van der Waals surface area contributed by atoms with E-state index in [1.807, 2.05) is 0 Å². The van der Waals surface area contributed by atoms with E-state index in [-0.39, 0.29) is 5.69 Å². The van der Waals surface area contributed by atoms with E-state index in [2.05, 4.69) is 15.4 Å². The van der Waals surface area contributed by atoms with Crippen LogP contribution in [0.15, 0.2) is 12.3 Å². The van der Waals surface area contributed by atoms with Crippen molar-refractivity contribution in [2.45, 2.75) is 36.8 Å². The maximum atomic E-state index is 13.1. The molecule has 0 N–H and O–H groups in total. The molecule has 0 unspecified atom stereocenters. The molecule has 0 fully saturated rings. The van der Waals surface area contributed by atoms with Gasteiger partial charge in [-0.25, -0.2) is 0 Å². The second-order valence-electron chi connectivity index (χ2n) is 3.96. The molecule has 0 aliphatic heterocycles. The quantitative estimate of drug-likeness (QED) is 0.779. The van der Waals surface area contributed by atoms with Crippen molar-refractivity contribution in [1.29, 1.82) is 0 Å². The zero-order chi connectivity index (χ0) is 16.5. The zero-order valence-corrected chi connectivity index (χ0v) is 9.81. The highest BCUT2D eigenvalue weighted by molar-refractivity contribution is 5.03. The summed E-state index contributed by atoms with van der Waals surface area (Å²) in [6.07, 6.45) is -8.80. The molecule has 12 heteroatoms. The first-order chi connectivity index (χ1) is 9.33. The standard InChI is InChI=1S/C9H6F9N3/c10-6(11,3-1-5-2-4-19-21-20-5)7(12,13)8(14,15)9(16,17)18/h2,4H,1,3H2. The van der Waals surface area contributed by atoms with Crippen molar-refractivity contribution in [3.8, 4) is 0 Å². The number of hydrogen-bond acceptors (Lipinski definition) is 3. The average molecular weight is 327 g/mol. The molecule has 0 radical (unpaired) electrons. The summed E-state index contributed by atoms with van der Waals surface area (Å²) in [6, 6.07) is 0.975. The van der Waals surface area contributed by atoms with Crippen molar-refractivity contribution in [3.05, 3.63) is 18.0 Å². The molecule has 1 heterocycles. The maximum absolute atomic E-state index is 13.1. The van der Waals surface area contributed by atoms with Gasteiger partial charge in [-0.1, -0.05) is 0 Å². The third kappa shape index (κ3) is 3.18. The fourth-order valence-electron chi connectivity index (χ4n) is 1.25. The second-order valence-corrected chi connectivity index (χ2v) is 3.96. The third-order valence-electron chi connectivity index (χ3n) is 2.46. The van der Waals surface area contributed by atoms with Crippen molar-refractivity contribution < 1.29 is 39.5 Å². The Morgan fingerprint density at radius 1 is 0.857 bits per heavy atom. The second kappa shape index (κ2) is 5.30. The largest absolute Gasteiger partial charge is 0.460 e. The normalized spacial score (nSPS) is 14.3. The molecule has 1 rings (SSSR count). The van der Waals surface area contributed by atoms with Crippen LogP contribution in [0.4, 0.5) is 39.5 Å². The van der Waals surface area contributed by atoms with E-state index in [4.69, 9.17) is 0 Å². The lowest BCUT2D eigenvalue weighted by Gasteiger charge is -2.33. The number of alkyl halides is 9. The van der Waals surface area contributed by atoms with Crippen molar-refractivity contribution in [3.63, 3.8) is 0 Å². The molecule has 0 bridgehead atoms. The minimum absolute atomic E-state index is 0.309. The summed E-state index contributed by atoms with van der Waals surface area (Å²) in [7, 11) is 0. The van der Waals surface area contributed by atoms with Crippen molar-refractivity contribution in [2.75, 3.05) is 0 Å². The topological polar surface area (TPSA) is 38.7 Å². The molecule has 1 aromatic heterocycles. The molecule has 21 heavy (non-hydrogen) atoms. The predicted octanol–water partition coefficient (Wildman–Crippen LogP) is 3.27. The highest BCUT2D eigenvalue weighted by Gasteiger charge is 2.81. The zero-order valence-electron chi connectivity index (χ0n) is 9.81. The van der Waals surface area contributed by atoms with E-state index < -0.39 is 36.8 Å². The Morgan fingerprint density at radius 2 is 1.43 bits per heavy atom. The molecular weight excluding hydrogens is 321 g/mol. The molecular formula is C9H6F9N3. The van der Waals surface area contributed by atoms with Crippen LogP contribution >= 0.6 is 0 Å². The Bertz CT molecular complexity index is 471. The van der Waals surface area contributed by atoms with E-state index in [1.54, 1.807) is 0 Å². The van der Waals surface area contributed by atoms with E-state index in [0.717, 1.165) is 12.3 Å². The summed E-state index contributed by atoms with van der Waals surface area (Å²) in [5.74, 6) is -19.1. The average Bonchev–Trinajstić information content (AvgIpc) is 2.36. The summed E-state index contributed by atoms with van der Waals surface area (Å²) in [5, 5.41) is 9.25. The molecule has 120 valence electrons. The van der Waals surface area contributed by atoms with Crippen molar-refractivity contribution in [1.82, 2.24) is 15.4 Å². The van der Waals surface area contributed by atoms with Crippen LogP contribution in [0.5, 0.6) is 0 Å². The molecule has 0 aliphatic rings. The summed E-state index contributed by atoms with van der Waals surface area (Å²) in [6.45, 7) is 0. The van der Waals surface area contributed by atoms with Crippen LogP contribution < -0.4 is 0 Å². The summed E-state index contributed by atoms with van der Waals surface area (Å²) in [4.78, 5) is 0. The minimum Gasteiger partial charge on any atom is -0.200 e. The van der Waals surface area contributed by atoms with Gasteiger partial charge in [-0.05, 0) is 17.7 Å². The highest BCUT2D eigenvalue weighted by atomic mass is 19.4. The first-order valence-electron chi connectivity index (χ1n) is 5.16. The first kappa shape index (κ1) is 17.4. The molecule has 0 saturated heterocycles. The predicted molar refractivity (Wildman–Crippen MR) is 49.0 cm³/mol. The van der Waals surface area contributed by atoms with Crippen LogP contribution in [-0.2, 0) is 6.42 Å². The van der Waals surface area contributed by atoms with Gasteiger partial charge in [-0.3, -0.25) is 0 Å². The Balaban J connectivity index is 2.94. The van der Waals surface area contributed by atoms with Gasteiger partial charge in [0.15, 0.2) is 0 Å². The smallest absolute Gasteiger partial charge is 0.200 e. The van der Waals surface area contributed by atoms with Crippen LogP contribution in [0, 0.1) is 0 Å². The Kier molecular flexibility index (Phi) is 4.40. The van der Waals surface area contributed by atoms with Gasteiger partial charge in [0, 0.05) is 6.42 Å². The number of aryl methyl sites for hydroxylation is 1. The number of rotatable bonds is 5. The van der Waals surface area contributed by atoms with Gasteiger partial charge < -0.3 is 0 Å². The van der Waals surface area contributed by atoms with E-state index in [0.29, 0.717) is 0 Å². The van der Waals surface area contributed by atoms with Gasteiger partial charge in [0.05, 0.1) is 11.9 Å². The van der Waals surface area contributed by atoms with E-state index in [9.17, 15) is 39.5 Å². The molecule has 0 spiro atoms. The van der Waals surface area contributed by atoms with Crippen molar-refractivity contribution in [2.24, 2.45) is 0 Å². The fourth-order valence-corrected chi connectivity index (χ4v) is 1.25. The number of hydrogen-bond donors (Lipinski definition) is 0. The van der Waals surface area contributed by atoms with Gasteiger partial charge in [0.2, 0.25) is 0 Å². The monoisotopic (exact) mass is 327 g/mol. The van der Waals surface area contributed by atoms with E-state index >= 15 is 0 Å². The highest BCUT2D eigenvalue weighted by Crippen LogP contribution is 2.54. The molecule has 3 nitrogen and oxygen atoms in total. The van der Waals surface area contributed by atoms with Gasteiger partial charge in [0.25, 0.3) is 0 Å². The molecule has 0 amide bonds. The Labute approximate surface area is 111 Å². The fraction of sp³-hybridized carbons (Fsp3) is 0.667. The van der Waals surface area contributed by atoms with Crippen LogP contribution in [0.25, 0.3) is 0 Å². The maximum Gasteiger partial charge on any atom is 0.460 e. The van der Waals surface area contributed by atoms with Crippen LogP contribution in [-0.4, -0.2) is 39.4 Å². The number of aromatic nitrogens is 3. The molecule has 0 atom stereocenters. The minimum atomic E-state index is -6.87. The van der Waals surface area contributed by atoms with Crippen LogP contribution in [0.1, 0.15) is 12.1 Å². The first-order valence-corrected chi connectivity index (χ1v) is 5.16. The molecule has 0 saturated carbocycles. The summed E-state index contributed by atoms with van der Waals surface area (Å²) in [5.41, 5.74) is -0.309. The lowest BCUT2D eigenvalue weighted by Crippen LogP contribution is -2.60. The summed E-state index contributed by atoms with van der Waals surface area (Å²) >= 11 is 0. The molecule has 1 aromatic rings. The molecule has 0 aliphatic carbocycles. The molecule has 0 aromatic carbocycles. The van der Waals surface area contributed by atoms with Crippen LogP contribution in [0.3, 0.4) is 0 Å². The SMILES string of the molecule is FC(F)(F)C(F)(F)C(F)(F)C(F)(F)CCc1ccnnn1. The summed E-state index contributed by atoms with van der Waals surface area (Å²) < 4.78 is 113. The lowest BCUT2D eigenvalue weighted by molar-refractivity contribution is -0.396. The van der Waals surface area contributed by atoms with Crippen molar-refractivity contribution >= 4 is 0 Å². The number of nitrogens with zero attached hydrogens (tertiary/aromatic N) is 3. The third-order valence-corrected chi connectivity index (χ3v) is 2.46. The lowest BCUT2D eigenvalue weighted by atomic mass is 9.99. The van der Waals surface area contributed by atoms with Gasteiger partial charge >= 0.3 is 23.9 Å². The number of halogens is 9. The Morgan fingerprint density at radius 3 is 1.86 bits per heavy atom.